The predicted octanol–water partition coefficient (Wildman–Crippen LogP) is 3.47. The second-order valence-electron chi connectivity index (χ2n) is 5.61. The molecule has 2 aromatic rings. The van der Waals surface area contributed by atoms with Crippen molar-refractivity contribution in [1.29, 1.82) is 0 Å². The van der Waals surface area contributed by atoms with E-state index in [9.17, 15) is 9.59 Å². The summed E-state index contributed by atoms with van der Waals surface area (Å²) in [4.78, 5) is 29.0. The highest BCUT2D eigenvalue weighted by Crippen LogP contribution is 2.31. The number of carbonyl (C=O) groups excluding carboxylic acids is 2. The second kappa shape index (κ2) is 7.41. The Labute approximate surface area is 154 Å². The highest BCUT2D eigenvalue weighted by molar-refractivity contribution is 7.17. The van der Waals surface area contributed by atoms with Gasteiger partial charge < -0.3 is 14.8 Å². The highest BCUT2D eigenvalue weighted by Gasteiger charge is 2.27. The number of carbonyl (C=O) groups is 2. The molecule has 25 heavy (non-hydrogen) atoms. The van der Waals surface area contributed by atoms with Gasteiger partial charge in [0, 0.05) is 5.02 Å². The molecule has 1 aliphatic rings. The van der Waals surface area contributed by atoms with Crippen LogP contribution in [0.3, 0.4) is 0 Å². The fourth-order valence-electron chi connectivity index (χ4n) is 2.57. The third-order valence-corrected chi connectivity index (χ3v) is 5.08. The first-order valence-electron chi connectivity index (χ1n) is 7.84. The van der Waals surface area contributed by atoms with Crippen LogP contribution in [0.15, 0.2) is 18.2 Å². The van der Waals surface area contributed by atoms with Crippen LogP contribution in [0.5, 0.6) is 5.75 Å². The van der Waals surface area contributed by atoms with Gasteiger partial charge in [-0.1, -0.05) is 22.9 Å². The molecule has 1 aromatic carbocycles. The lowest BCUT2D eigenvalue weighted by Gasteiger charge is -2.24. The first-order valence-corrected chi connectivity index (χ1v) is 9.04. The average molecular weight is 381 g/mol. The molecule has 0 saturated carbocycles. The van der Waals surface area contributed by atoms with E-state index in [-0.39, 0.29) is 18.4 Å². The fraction of sp³-hybridized carbons (Fsp3) is 0.353. The van der Waals surface area contributed by atoms with Crippen LogP contribution in [-0.4, -0.2) is 30.1 Å². The molecular weight excluding hydrogens is 364 g/mol. The molecule has 1 aliphatic heterocycles. The van der Waals surface area contributed by atoms with Crippen molar-refractivity contribution in [3.8, 4) is 5.75 Å². The maximum absolute atomic E-state index is 12.5. The lowest BCUT2D eigenvalue weighted by Crippen LogP contribution is -2.32. The maximum atomic E-state index is 12.5. The summed E-state index contributed by atoms with van der Waals surface area (Å²) in [5, 5.41) is 3.75. The van der Waals surface area contributed by atoms with Crippen molar-refractivity contribution in [2.75, 3.05) is 18.5 Å². The number of nitrogens with one attached hydrogen (secondary N) is 1. The molecule has 0 radical (unpaired) electrons. The molecule has 0 fully saturated rings. The minimum Gasteiger partial charge on any atom is -0.492 e. The number of hydrogen-bond acceptors (Lipinski definition) is 6. The van der Waals surface area contributed by atoms with Crippen molar-refractivity contribution in [2.45, 2.75) is 20.3 Å². The van der Waals surface area contributed by atoms with E-state index >= 15 is 0 Å². The lowest BCUT2D eigenvalue weighted by molar-refractivity contribution is -0.121. The number of rotatable bonds is 4. The minimum absolute atomic E-state index is 0.199. The Hall–Kier alpha value is -2.12. The molecular formula is C17H17ClN2O4S. The molecule has 2 heterocycles. The van der Waals surface area contributed by atoms with Gasteiger partial charge in [-0.25, -0.2) is 9.78 Å². The van der Waals surface area contributed by atoms with E-state index in [1.54, 1.807) is 19.9 Å². The summed E-state index contributed by atoms with van der Waals surface area (Å²) in [5.74, 6) is -0.221. The molecule has 6 nitrogen and oxygen atoms in total. The Kier molecular flexibility index (Phi) is 5.24. The number of esters is 1. The standard InChI is InChI=1S/C17H17ClN2O4S/c1-3-23-16(22)14-9(2)19-17(25-14)20-15(21)11-6-10-7-12(18)4-5-13(10)24-8-11/h4-5,7,11H,3,6,8H2,1-2H3,(H,19,20,21)/t11-/m1/s1. The number of nitrogens with zero attached hydrogens (tertiary/aromatic N) is 1. The zero-order chi connectivity index (χ0) is 18.0. The van der Waals surface area contributed by atoms with Gasteiger partial charge in [0.05, 0.1) is 18.2 Å². The number of anilines is 1. The Bertz CT molecular complexity index is 821. The van der Waals surface area contributed by atoms with Crippen LogP contribution < -0.4 is 10.1 Å². The van der Waals surface area contributed by atoms with Crippen LogP contribution in [0, 0.1) is 12.8 Å². The number of thiazole rings is 1. The number of aromatic nitrogens is 1. The van der Waals surface area contributed by atoms with Crippen molar-refractivity contribution in [3.63, 3.8) is 0 Å². The summed E-state index contributed by atoms with van der Waals surface area (Å²) in [5.41, 5.74) is 1.44. The summed E-state index contributed by atoms with van der Waals surface area (Å²) >= 11 is 7.11. The third-order valence-electron chi connectivity index (χ3n) is 3.79. The SMILES string of the molecule is CCOC(=O)c1sc(NC(=O)[C@H]2COc3ccc(Cl)cc3C2)nc1C. The van der Waals surface area contributed by atoms with Crippen LogP contribution in [0.25, 0.3) is 0 Å². The van der Waals surface area contributed by atoms with Gasteiger partial charge in [-0.3, -0.25) is 4.79 Å². The van der Waals surface area contributed by atoms with E-state index < -0.39 is 5.97 Å². The normalized spacial score (nSPS) is 15.9. The first-order chi connectivity index (χ1) is 12.0. The zero-order valence-corrected chi connectivity index (χ0v) is 15.4. The van der Waals surface area contributed by atoms with Crippen LogP contribution in [0.4, 0.5) is 5.13 Å². The van der Waals surface area contributed by atoms with Gasteiger partial charge >= 0.3 is 5.97 Å². The molecule has 1 amide bonds. The van der Waals surface area contributed by atoms with Crippen molar-refractivity contribution >= 4 is 39.9 Å². The summed E-state index contributed by atoms with van der Waals surface area (Å²) in [6, 6.07) is 5.38. The van der Waals surface area contributed by atoms with E-state index in [1.807, 2.05) is 12.1 Å². The maximum Gasteiger partial charge on any atom is 0.350 e. The first kappa shape index (κ1) is 17.7. The van der Waals surface area contributed by atoms with Crippen LogP contribution in [-0.2, 0) is 16.0 Å². The van der Waals surface area contributed by atoms with Gasteiger partial charge in [0.2, 0.25) is 5.91 Å². The average Bonchev–Trinajstić information content (AvgIpc) is 2.94. The number of hydrogen-bond donors (Lipinski definition) is 1. The van der Waals surface area contributed by atoms with E-state index in [0.29, 0.717) is 33.8 Å². The molecule has 132 valence electrons. The number of benzene rings is 1. The zero-order valence-electron chi connectivity index (χ0n) is 13.8. The lowest BCUT2D eigenvalue weighted by atomic mass is 9.96. The number of ether oxygens (including phenoxy) is 2. The van der Waals surface area contributed by atoms with Gasteiger partial charge in [0.15, 0.2) is 5.13 Å². The molecule has 3 rings (SSSR count). The monoisotopic (exact) mass is 380 g/mol. The molecule has 0 aliphatic carbocycles. The molecule has 0 bridgehead atoms. The molecule has 0 unspecified atom stereocenters. The van der Waals surface area contributed by atoms with Gasteiger partial charge in [0.1, 0.15) is 17.2 Å². The van der Waals surface area contributed by atoms with Crippen molar-refractivity contribution < 1.29 is 19.1 Å². The Balaban J connectivity index is 1.69. The number of fused-ring (bicyclic) bond motifs is 1. The molecule has 0 spiro atoms. The molecule has 8 heteroatoms. The van der Waals surface area contributed by atoms with Gasteiger partial charge in [-0.2, -0.15) is 0 Å². The second-order valence-corrected chi connectivity index (χ2v) is 7.04. The summed E-state index contributed by atoms with van der Waals surface area (Å²) < 4.78 is 10.6. The van der Waals surface area contributed by atoms with Crippen molar-refractivity contribution in [3.05, 3.63) is 39.4 Å². The van der Waals surface area contributed by atoms with Crippen LogP contribution in [0.1, 0.15) is 27.9 Å². The Morgan fingerprint density at radius 2 is 2.28 bits per heavy atom. The van der Waals surface area contributed by atoms with Gasteiger partial charge in [-0.15, -0.1) is 0 Å². The number of aryl methyl sites for hydroxylation is 1. The number of halogens is 1. The van der Waals surface area contributed by atoms with E-state index in [0.717, 1.165) is 22.6 Å². The smallest absolute Gasteiger partial charge is 0.350 e. The Morgan fingerprint density at radius 1 is 1.48 bits per heavy atom. The van der Waals surface area contributed by atoms with Crippen LogP contribution >= 0.6 is 22.9 Å². The third kappa shape index (κ3) is 3.93. The minimum atomic E-state index is -0.428. The predicted molar refractivity (Wildman–Crippen MR) is 95.6 cm³/mol. The quantitative estimate of drug-likeness (QED) is 0.822. The molecule has 1 N–H and O–H groups in total. The molecule has 1 aromatic heterocycles. The fourth-order valence-corrected chi connectivity index (χ4v) is 3.63. The molecule has 0 saturated heterocycles. The topological polar surface area (TPSA) is 77.5 Å². The summed E-state index contributed by atoms with van der Waals surface area (Å²) in [6.45, 7) is 4.03. The van der Waals surface area contributed by atoms with E-state index in [4.69, 9.17) is 21.1 Å². The number of amides is 1. The van der Waals surface area contributed by atoms with Gasteiger partial charge in [-0.05, 0) is 44.0 Å². The summed E-state index contributed by atoms with van der Waals surface area (Å²) in [6.07, 6.45) is 0.539. The van der Waals surface area contributed by atoms with Crippen molar-refractivity contribution in [2.24, 2.45) is 5.92 Å². The Morgan fingerprint density at radius 3 is 3.04 bits per heavy atom. The molecule has 1 atom stereocenters. The van der Waals surface area contributed by atoms with Crippen molar-refractivity contribution in [1.82, 2.24) is 4.98 Å². The highest BCUT2D eigenvalue weighted by atomic mass is 35.5. The van der Waals surface area contributed by atoms with Crippen LogP contribution in [0.2, 0.25) is 5.02 Å². The summed E-state index contributed by atoms with van der Waals surface area (Å²) in [7, 11) is 0. The largest absolute Gasteiger partial charge is 0.492 e. The van der Waals surface area contributed by atoms with E-state index in [1.165, 1.54) is 0 Å². The van der Waals surface area contributed by atoms with E-state index in [2.05, 4.69) is 10.3 Å². The van der Waals surface area contributed by atoms with Gasteiger partial charge in [0.25, 0.3) is 0 Å².